The van der Waals surface area contributed by atoms with Gasteiger partial charge in [0.2, 0.25) is 0 Å². The van der Waals surface area contributed by atoms with Gasteiger partial charge in [-0.15, -0.1) is 0 Å². The third kappa shape index (κ3) is 2.35. The molecule has 1 aliphatic heterocycles. The molecule has 1 saturated carbocycles. The zero-order valence-corrected chi connectivity index (χ0v) is 11.7. The van der Waals surface area contributed by atoms with E-state index in [2.05, 4.69) is 4.90 Å². The molecular weight excluding hydrogens is 252 g/mol. The third-order valence-electron chi connectivity index (χ3n) is 4.80. The summed E-state index contributed by atoms with van der Waals surface area (Å²) in [5.74, 6) is -0.152. The average Bonchev–Trinajstić information content (AvgIpc) is 3.09. The first-order valence-corrected chi connectivity index (χ1v) is 7.56. The van der Waals surface area contributed by atoms with Crippen LogP contribution in [0, 0.1) is 5.92 Å². The highest BCUT2D eigenvalue weighted by Crippen LogP contribution is 2.39. The first-order chi connectivity index (χ1) is 9.66. The first-order valence-electron chi connectivity index (χ1n) is 7.56. The molecule has 4 nitrogen and oxygen atoms in total. The van der Waals surface area contributed by atoms with Crippen LogP contribution in [-0.4, -0.2) is 23.7 Å². The number of carbonyl (C=O) groups is 1. The maximum Gasteiger partial charge on any atom is 0.337 e. The number of hydrogen-bond acceptors (Lipinski definition) is 3. The summed E-state index contributed by atoms with van der Waals surface area (Å²) in [5.41, 5.74) is 7.45. The monoisotopic (exact) mass is 274 g/mol. The van der Waals surface area contributed by atoms with Crippen molar-refractivity contribution >= 4 is 17.3 Å². The van der Waals surface area contributed by atoms with Crippen molar-refractivity contribution in [1.29, 1.82) is 0 Å². The molecule has 20 heavy (non-hydrogen) atoms. The summed E-state index contributed by atoms with van der Waals surface area (Å²) in [6.07, 6.45) is 7.57. The maximum absolute atomic E-state index is 11.5. The van der Waals surface area contributed by atoms with Crippen LogP contribution in [0.5, 0.6) is 0 Å². The molecule has 3 rings (SSSR count). The Morgan fingerprint density at radius 3 is 2.65 bits per heavy atom. The van der Waals surface area contributed by atoms with Crippen molar-refractivity contribution in [3.05, 3.63) is 23.8 Å². The van der Waals surface area contributed by atoms with Crippen LogP contribution in [0.2, 0.25) is 0 Å². The van der Waals surface area contributed by atoms with Crippen LogP contribution in [0.3, 0.4) is 0 Å². The van der Waals surface area contributed by atoms with Crippen LogP contribution in [0.15, 0.2) is 18.2 Å². The summed E-state index contributed by atoms with van der Waals surface area (Å²) < 4.78 is 0. The maximum atomic E-state index is 11.5. The Morgan fingerprint density at radius 2 is 1.95 bits per heavy atom. The molecule has 4 heteroatoms. The quantitative estimate of drug-likeness (QED) is 0.831. The average molecular weight is 274 g/mol. The predicted octanol–water partition coefficient (Wildman–Crippen LogP) is 3.13. The minimum Gasteiger partial charge on any atom is -0.478 e. The molecule has 0 spiro atoms. The summed E-state index contributed by atoms with van der Waals surface area (Å²) in [5, 5.41) is 9.42. The first kappa shape index (κ1) is 13.3. The lowest BCUT2D eigenvalue weighted by atomic mass is 9.95. The van der Waals surface area contributed by atoms with E-state index in [4.69, 9.17) is 5.73 Å². The van der Waals surface area contributed by atoms with E-state index in [-0.39, 0.29) is 0 Å². The van der Waals surface area contributed by atoms with Crippen LogP contribution in [0.25, 0.3) is 0 Å². The topological polar surface area (TPSA) is 66.6 Å². The van der Waals surface area contributed by atoms with Gasteiger partial charge in [-0.1, -0.05) is 12.8 Å². The SMILES string of the molecule is Nc1ccc(N2CCCC2C2CCCC2)c(C(=O)O)c1. The Morgan fingerprint density at radius 1 is 1.20 bits per heavy atom. The van der Waals surface area contributed by atoms with Gasteiger partial charge in [-0.2, -0.15) is 0 Å². The minimum atomic E-state index is -0.885. The fourth-order valence-corrected chi connectivity index (χ4v) is 3.90. The second-order valence-electron chi connectivity index (χ2n) is 6.03. The Balaban J connectivity index is 1.92. The molecule has 1 aliphatic carbocycles. The fraction of sp³-hybridized carbons (Fsp3) is 0.562. The molecule has 1 unspecified atom stereocenters. The molecule has 1 atom stereocenters. The molecule has 2 aliphatic rings. The summed E-state index contributed by atoms with van der Waals surface area (Å²) in [4.78, 5) is 13.8. The summed E-state index contributed by atoms with van der Waals surface area (Å²) >= 11 is 0. The normalized spacial score (nSPS) is 23.4. The molecule has 0 amide bonds. The van der Waals surface area contributed by atoms with Gasteiger partial charge >= 0.3 is 5.97 Å². The summed E-state index contributed by atoms with van der Waals surface area (Å²) in [6, 6.07) is 5.79. The van der Waals surface area contributed by atoms with Crippen LogP contribution in [-0.2, 0) is 0 Å². The molecule has 0 aromatic heterocycles. The molecule has 0 radical (unpaired) electrons. The number of anilines is 2. The molecule has 2 fully saturated rings. The van der Waals surface area contributed by atoms with Crippen LogP contribution >= 0.6 is 0 Å². The number of carboxylic acids is 1. The predicted molar refractivity (Wildman–Crippen MR) is 80.1 cm³/mol. The van der Waals surface area contributed by atoms with Gasteiger partial charge < -0.3 is 15.7 Å². The summed E-state index contributed by atoms with van der Waals surface area (Å²) in [6.45, 7) is 0.964. The molecule has 1 saturated heterocycles. The van der Waals surface area contributed by atoms with Crippen molar-refractivity contribution in [2.24, 2.45) is 5.92 Å². The number of nitrogens with two attached hydrogens (primary N) is 1. The van der Waals surface area contributed by atoms with E-state index in [1.165, 1.54) is 32.1 Å². The second kappa shape index (κ2) is 5.35. The van der Waals surface area contributed by atoms with E-state index in [1.807, 2.05) is 12.1 Å². The van der Waals surface area contributed by atoms with Gasteiger partial charge in [0.05, 0.1) is 11.3 Å². The van der Waals surface area contributed by atoms with Crippen LogP contribution in [0.1, 0.15) is 48.9 Å². The van der Waals surface area contributed by atoms with E-state index in [0.717, 1.165) is 24.6 Å². The van der Waals surface area contributed by atoms with E-state index in [0.29, 0.717) is 17.3 Å². The smallest absolute Gasteiger partial charge is 0.337 e. The molecule has 0 bridgehead atoms. The number of aromatic carboxylic acids is 1. The van der Waals surface area contributed by atoms with Crippen LogP contribution < -0.4 is 10.6 Å². The largest absolute Gasteiger partial charge is 0.478 e. The third-order valence-corrected chi connectivity index (χ3v) is 4.80. The minimum absolute atomic E-state index is 0.342. The number of nitrogens with zero attached hydrogens (tertiary/aromatic N) is 1. The van der Waals surface area contributed by atoms with Gasteiger partial charge in [-0.05, 0) is 49.8 Å². The van der Waals surface area contributed by atoms with Crippen molar-refractivity contribution in [3.63, 3.8) is 0 Å². The van der Waals surface area contributed by atoms with Gasteiger partial charge in [-0.25, -0.2) is 4.79 Å². The molecular formula is C16H22N2O2. The van der Waals surface area contributed by atoms with Crippen molar-refractivity contribution in [2.45, 2.75) is 44.6 Å². The molecule has 3 N–H and O–H groups in total. The Labute approximate surface area is 119 Å². The number of benzene rings is 1. The van der Waals surface area contributed by atoms with Gasteiger partial charge in [0.1, 0.15) is 0 Å². The van der Waals surface area contributed by atoms with E-state index >= 15 is 0 Å². The number of nitrogen functional groups attached to an aromatic ring is 1. The van der Waals surface area contributed by atoms with Gasteiger partial charge in [0.25, 0.3) is 0 Å². The molecule has 1 heterocycles. The van der Waals surface area contributed by atoms with Crippen LogP contribution in [0.4, 0.5) is 11.4 Å². The highest BCUT2D eigenvalue weighted by atomic mass is 16.4. The highest BCUT2D eigenvalue weighted by Gasteiger charge is 2.34. The zero-order chi connectivity index (χ0) is 14.1. The lowest BCUT2D eigenvalue weighted by molar-refractivity contribution is 0.0697. The van der Waals surface area contributed by atoms with Gasteiger partial charge in [0.15, 0.2) is 0 Å². The molecule has 1 aromatic carbocycles. The van der Waals surface area contributed by atoms with Gasteiger partial charge in [-0.3, -0.25) is 0 Å². The fourth-order valence-electron chi connectivity index (χ4n) is 3.90. The number of carboxylic acid groups (broad SMARTS) is 1. The second-order valence-corrected chi connectivity index (χ2v) is 6.03. The van der Waals surface area contributed by atoms with Crippen molar-refractivity contribution in [1.82, 2.24) is 0 Å². The van der Waals surface area contributed by atoms with E-state index in [9.17, 15) is 9.90 Å². The van der Waals surface area contributed by atoms with E-state index < -0.39 is 5.97 Å². The molecule has 1 aromatic rings. The highest BCUT2D eigenvalue weighted by molar-refractivity contribution is 5.95. The number of hydrogen-bond donors (Lipinski definition) is 2. The Bertz CT molecular complexity index is 509. The standard InChI is InChI=1S/C16H22N2O2/c17-12-7-8-15(13(10-12)16(19)20)18-9-3-6-14(18)11-4-1-2-5-11/h7-8,10-11,14H,1-6,9,17H2,(H,19,20). The number of rotatable bonds is 3. The van der Waals surface area contributed by atoms with E-state index in [1.54, 1.807) is 6.07 Å². The lowest BCUT2D eigenvalue weighted by Crippen LogP contribution is -2.35. The zero-order valence-electron chi connectivity index (χ0n) is 11.7. The lowest BCUT2D eigenvalue weighted by Gasteiger charge is -2.32. The van der Waals surface area contributed by atoms with Crippen molar-refractivity contribution in [3.8, 4) is 0 Å². The van der Waals surface area contributed by atoms with Gasteiger partial charge in [0, 0.05) is 18.3 Å². The van der Waals surface area contributed by atoms with Crippen molar-refractivity contribution < 1.29 is 9.90 Å². The van der Waals surface area contributed by atoms with Crippen molar-refractivity contribution in [2.75, 3.05) is 17.2 Å². The molecule has 108 valence electrons. The Hall–Kier alpha value is -1.71. The Kier molecular flexibility index (Phi) is 3.55. The summed E-state index contributed by atoms with van der Waals surface area (Å²) in [7, 11) is 0.